The van der Waals surface area contributed by atoms with Crippen LogP contribution < -0.4 is 15.5 Å². The molecule has 0 fully saturated rings. The number of benzene rings is 3. The predicted octanol–water partition coefficient (Wildman–Crippen LogP) is 6.79. The molecule has 3 aromatic rings. The zero-order chi connectivity index (χ0) is 25.2. The molecule has 0 saturated heterocycles. The van der Waals surface area contributed by atoms with Gasteiger partial charge in [-0.1, -0.05) is 59.1 Å². The first-order valence-electron chi connectivity index (χ1n) is 10.9. The van der Waals surface area contributed by atoms with Crippen LogP contribution in [0.2, 0.25) is 15.1 Å². The molecule has 0 unspecified atom stereocenters. The Morgan fingerprint density at radius 3 is 2.34 bits per heavy atom. The summed E-state index contributed by atoms with van der Waals surface area (Å²) in [6, 6.07) is 17.8. The minimum Gasteiger partial charge on any atom is -0.489 e. The van der Waals surface area contributed by atoms with Crippen molar-refractivity contribution in [2.75, 3.05) is 5.32 Å². The van der Waals surface area contributed by atoms with E-state index in [1.54, 1.807) is 48.5 Å². The van der Waals surface area contributed by atoms with Crippen LogP contribution in [0.1, 0.15) is 36.0 Å². The summed E-state index contributed by atoms with van der Waals surface area (Å²) in [5.41, 5.74) is 5.38. The minimum atomic E-state index is -0.284. The van der Waals surface area contributed by atoms with E-state index in [1.807, 2.05) is 19.1 Å². The molecular formula is C26H24Cl3N3O3. The Labute approximate surface area is 219 Å². The largest absolute Gasteiger partial charge is 0.489 e. The highest BCUT2D eigenvalue weighted by Crippen LogP contribution is 2.26. The highest BCUT2D eigenvalue weighted by Gasteiger charge is 2.09. The maximum Gasteiger partial charge on any atom is 0.240 e. The van der Waals surface area contributed by atoms with Crippen LogP contribution in [-0.2, 0) is 16.2 Å². The topological polar surface area (TPSA) is 79.8 Å². The van der Waals surface area contributed by atoms with Gasteiger partial charge in [0.1, 0.15) is 12.4 Å². The van der Waals surface area contributed by atoms with E-state index in [-0.39, 0.29) is 31.3 Å². The molecule has 0 bridgehead atoms. The summed E-state index contributed by atoms with van der Waals surface area (Å²) in [4.78, 5) is 24.2. The highest BCUT2D eigenvalue weighted by molar-refractivity contribution is 6.36. The molecule has 0 saturated carbocycles. The zero-order valence-electron chi connectivity index (χ0n) is 19.0. The van der Waals surface area contributed by atoms with Crippen molar-refractivity contribution >= 4 is 58.5 Å². The fourth-order valence-corrected chi connectivity index (χ4v) is 3.79. The van der Waals surface area contributed by atoms with Crippen LogP contribution in [0.3, 0.4) is 0 Å². The second kappa shape index (κ2) is 13.1. The molecule has 6 nitrogen and oxygen atoms in total. The van der Waals surface area contributed by atoms with Gasteiger partial charge in [0.2, 0.25) is 11.8 Å². The fourth-order valence-electron chi connectivity index (χ4n) is 3.11. The number of ether oxygens (including phenoxy) is 1. The van der Waals surface area contributed by atoms with E-state index in [0.717, 1.165) is 11.1 Å². The summed E-state index contributed by atoms with van der Waals surface area (Å²) in [6.45, 7) is 2.06. The van der Waals surface area contributed by atoms with Gasteiger partial charge in [-0.3, -0.25) is 9.59 Å². The molecule has 0 aromatic heterocycles. The van der Waals surface area contributed by atoms with Gasteiger partial charge in [-0.15, -0.1) is 0 Å². The van der Waals surface area contributed by atoms with Crippen molar-refractivity contribution in [3.8, 4) is 5.75 Å². The summed E-state index contributed by atoms with van der Waals surface area (Å²) in [7, 11) is 0. The van der Waals surface area contributed by atoms with Crippen molar-refractivity contribution in [1.82, 2.24) is 5.43 Å². The van der Waals surface area contributed by atoms with Crippen molar-refractivity contribution in [2.24, 2.45) is 5.10 Å². The summed E-state index contributed by atoms with van der Waals surface area (Å²) in [5, 5.41) is 8.45. The van der Waals surface area contributed by atoms with Crippen molar-refractivity contribution in [2.45, 2.75) is 32.8 Å². The van der Waals surface area contributed by atoms with Crippen molar-refractivity contribution in [3.05, 3.63) is 92.4 Å². The maximum atomic E-state index is 12.1. The molecule has 0 aliphatic carbocycles. The van der Waals surface area contributed by atoms with Crippen molar-refractivity contribution in [3.63, 3.8) is 0 Å². The third-order valence-electron chi connectivity index (χ3n) is 5.06. The Kier molecular flexibility index (Phi) is 9.97. The van der Waals surface area contributed by atoms with Gasteiger partial charge in [-0.25, -0.2) is 5.43 Å². The van der Waals surface area contributed by atoms with E-state index in [0.29, 0.717) is 38.5 Å². The lowest BCUT2D eigenvalue weighted by atomic mass is 10.2. The number of hydrazone groups is 1. The normalized spacial score (nSPS) is 10.9. The van der Waals surface area contributed by atoms with E-state index in [4.69, 9.17) is 39.5 Å². The van der Waals surface area contributed by atoms with Crippen molar-refractivity contribution in [1.29, 1.82) is 0 Å². The Morgan fingerprint density at radius 2 is 1.57 bits per heavy atom. The Balaban J connectivity index is 1.41. The van der Waals surface area contributed by atoms with Gasteiger partial charge >= 0.3 is 0 Å². The lowest BCUT2D eigenvalue weighted by Crippen LogP contribution is -2.18. The third-order valence-corrected chi connectivity index (χ3v) is 6.17. The summed E-state index contributed by atoms with van der Waals surface area (Å²) in [5.74, 6) is 0.146. The highest BCUT2D eigenvalue weighted by atomic mass is 35.5. The molecule has 182 valence electrons. The van der Waals surface area contributed by atoms with Gasteiger partial charge in [0, 0.05) is 39.2 Å². The van der Waals surface area contributed by atoms with Crippen molar-refractivity contribution < 1.29 is 14.3 Å². The molecule has 2 amide bonds. The quantitative estimate of drug-likeness (QED) is 0.223. The van der Waals surface area contributed by atoms with Gasteiger partial charge in [-0.05, 0) is 60.9 Å². The van der Waals surface area contributed by atoms with Crippen LogP contribution in [0.5, 0.6) is 5.75 Å². The molecule has 0 atom stereocenters. The number of hydrogen-bond donors (Lipinski definition) is 2. The zero-order valence-corrected chi connectivity index (χ0v) is 21.3. The van der Waals surface area contributed by atoms with E-state index in [2.05, 4.69) is 15.8 Å². The van der Waals surface area contributed by atoms with Crippen LogP contribution in [0.4, 0.5) is 5.69 Å². The standard InChI is InChI=1S/C26H24Cl3N3O3/c1-17-21(27)8-4-11-24(17)31-25(33)12-5-13-26(34)32-30-15-18-6-2-7-19(14-18)35-16-20-22(28)9-3-10-23(20)29/h2-4,6-11,14-15H,5,12-13,16H2,1H3,(H,31,33)(H,32,34)/b30-15-. The van der Waals surface area contributed by atoms with E-state index in [1.165, 1.54) is 6.21 Å². The average molecular weight is 533 g/mol. The molecular weight excluding hydrogens is 509 g/mol. The van der Waals surface area contributed by atoms with Gasteiger partial charge in [0.05, 0.1) is 6.21 Å². The Bertz CT molecular complexity index is 1210. The van der Waals surface area contributed by atoms with Gasteiger partial charge in [0.25, 0.3) is 0 Å². The Morgan fingerprint density at radius 1 is 0.914 bits per heavy atom. The Hall–Kier alpha value is -3.06. The summed E-state index contributed by atoms with van der Waals surface area (Å²) in [6.07, 6.45) is 2.28. The van der Waals surface area contributed by atoms with Crippen LogP contribution in [0, 0.1) is 6.92 Å². The maximum absolute atomic E-state index is 12.1. The molecule has 0 spiro atoms. The first kappa shape index (κ1) is 26.5. The molecule has 2 N–H and O–H groups in total. The van der Waals surface area contributed by atoms with Crippen LogP contribution in [-0.4, -0.2) is 18.0 Å². The number of hydrogen-bond acceptors (Lipinski definition) is 4. The van der Waals surface area contributed by atoms with Gasteiger partial charge in [-0.2, -0.15) is 5.10 Å². The average Bonchev–Trinajstić information content (AvgIpc) is 2.82. The molecule has 35 heavy (non-hydrogen) atoms. The first-order chi connectivity index (χ1) is 16.8. The fraction of sp³-hybridized carbons (Fsp3) is 0.192. The number of amides is 2. The molecule has 0 radical (unpaired) electrons. The molecule has 9 heteroatoms. The minimum absolute atomic E-state index is 0.168. The lowest BCUT2D eigenvalue weighted by Gasteiger charge is -2.10. The van der Waals surface area contributed by atoms with Crippen LogP contribution in [0.15, 0.2) is 65.8 Å². The molecule has 3 rings (SSSR count). The van der Waals surface area contributed by atoms with Gasteiger partial charge in [0.15, 0.2) is 0 Å². The predicted molar refractivity (Wildman–Crippen MR) is 142 cm³/mol. The summed E-state index contributed by atoms with van der Waals surface area (Å²) < 4.78 is 5.79. The number of nitrogens with one attached hydrogen (secondary N) is 2. The molecule has 0 aliphatic heterocycles. The van der Waals surface area contributed by atoms with Gasteiger partial charge < -0.3 is 10.1 Å². The molecule has 0 aliphatic rings. The number of carbonyl (C=O) groups is 2. The van der Waals surface area contributed by atoms with E-state index >= 15 is 0 Å². The molecule has 0 heterocycles. The van der Waals surface area contributed by atoms with Crippen LogP contribution in [0.25, 0.3) is 0 Å². The number of rotatable bonds is 10. The van der Waals surface area contributed by atoms with Crippen LogP contribution >= 0.6 is 34.8 Å². The smallest absolute Gasteiger partial charge is 0.240 e. The number of nitrogens with zero attached hydrogens (tertiary/aromatic N) is 1. The number of carbonyl (C=O) groups excluding carboxylic acids is 2. The van der Waals surface area contributed by atoms with E-state index < -0.39 is 0 Å². The second-order valence-electron chi connectivity index (χ2n) is 7.67. The SMILES string of the molecule is Cc1c(Cl)cccc1NC(=O)CCCC(=O)N/N=C\c1cccc(OCc2c(Cl)cccc2Cl)c1. The van der Waals surface area contributed by atoms with E-state index in [9.17, 15) is 9.59 Å². The number of halogens is 3. The third kappa shape index (κ3) is 8.28. The summed E-state index contributed by atoms with van der Waals surface area (Å²) >= 11 is 18.4. The molecule has 3 aromatic carbocycles. The lowest BCUT2D eigenvalue weighted by molar-refractivity contribution is -0.121. The first-order valence-corrected chi connectivity index (χ1v) is 12.0. The number of anilines is 1. The second-order valence-corrected chi connectivity index (χ2v) is 8.89. The monoisotopic (exact) mass is 531 g/mol.